The Kier molecular flexibility index (Phi) is 9.58. The van der Waals surface area contributed by atoms with Crippen molar-refractivity contribution in [3.8, 4) is 5.75 Å². The van der Waals surface area contributed by atoms with E-state index in [4.69, 9.17) is 15.4 Å². The molecule has 164 valence electrons. The number of rotatable bonds is 3. The fraction of sp³-hybridized carbons (Fsp3) is 0. The molecule has 4 aromatic carbocycles. The van der Waals surface area contributed by atoms with Crippen molar-refractivity contribution in [2.75, 3.05) is 5.73 Å². The lowest BCUT2D eigenvalue weighted by Gasteiger charge is -1.95. The van der Waals surface area contributed by atoms with E-state index in [2.05, 4.69) is 10.2 Å². The normalized spacial score (nSPS) is 10.4. The average Bonchev–Trinajstić information content (AvgIpc) is 2.80. The average molecular weight is 450 g/mol. The number of para-hydroxylation sites is 1. The van der Waals surface area contributed by atoms with Crippen molar-refractivity contribution in [3.05, 3.63) is 115 Å². The van der Waals surface area contributed by atoms with Crippen LogP contribution in [0.5, 0.6) is 5.75 Å². The van der Waals surface area contributed by atoms with Crippen LogP contribution in [0.1, 0.15) is 0 Å². The minimum Gasteiger partial charge on any atom is -0.508 e. The third-order valence-corrected chi connectivity index (χ3v) is 4.60. The molecule has 0 bridgehead atoms. The molecule has 0 aromatic heterocycles. The van der Waals surface area contributed by atoms with E-state index >= 15 is 0 Å². The van der Waals surface area contributed by atoms with E-state index in [9.17, 15) is 8.42 Å². The molecule has 8 heteroatoms. The summed E-state index contributed by atoms with van der Waals surface area (Å²) < 4.78 is 29.4. The highest BCUT2D eigenvalue weighted by molar-refractivity contribution is 7.85. The van der Waals surface area contributed by atoms with Crippen LogP contribution < -0.4 is 5.73 Å². The van der Waals surface area contributed by atoms with Crippen LogP contribution in [0.25, 0.3) is 0 Å². The Labute approximate surface area is 187 Å². The molecule has 32 heavy (non-hydrogen) atoms. The van der Waals surface area contributed by atoms with Gasteiger partial charge in [0.15, 0.2) is 0 Å². The summed E-state index contributed by atoms with van der Waals surface area (Å²) in [7, 11) is -4.08. The molecular weight excluding hydrogens is 426 g/mol. The van der Waals surface area contributed by atoms with E-state index in [0.29, 0.717) is 11.4 Å². The van der Waals surface area contributed by atoms with Crippen molar-refractivity contribution in [2.45, 2.75) is 4.90 Å². The molecule has 0 heterocycles. The zero-order chi connectivity index (χ0) is 23.2. The fourth-order valence-electron chi connectivity index (χ4n) is 2.17. The lowest BCUT2D eigenvalue weighted by atomic mass is 10.3. The largest absolute Gasteiger partial charge is 0.508 e. The number of nitrogens with zero attached hydrogens (tertiary/aromatic N) is 2. The van der Waals surface area contributed by atoms with Crippen molar-refractivity contribution < 1.29 is 18.1 Å². The van der Waals surface area contributed by atoms with Gasteiger partial charge in [-0.2, -0.15) is 18.6 Å². The molecule has 0 fully saturated rings. The highest BCUT2D eigenvalue weighted by atomic mass is 32.2. The smallest absolute Gasteiger partial charge is 0.294 e. The van der Waals surface area contributed by atoms with Crippen molar-refractivity contribution in [2.24, 2.45) is 10.2 Å². The van der Waals surface area contributed by atoms with Gasteiger partial charge in [-0.25, -0.2) is 0 Å². The van der Waals surface area contributed by atoms with Gasteiger partial charge in [-0.15, -0.1) is 0 Å². The zero-order valence-corrected chi connectivity index (χ0v) is 17.9. The standard InChI is InChI=1S/C12H10N2.C6H7NO3S.C6H6O/c1-3-7-11(8-4-1)13-14-12-9-5-2-6-10-12;7-5-1-3-6(4-2-5)11(8,9)10;7-6-4-2-1-3-5-6/h1-10H;1-4H,7H2,(H,8,9,10);1-5,7H. The Morgan fingerprint density at radius 1 is 0.594 bits per heavy atom. The van der Waals surface area contributed by atoms with E-state index in [1.807, 2.05) is 66.7 Å². The zero-order valence-electron chi connectivity index (χ0n) is 17.1. The molecule has 0 aliphatic carbocycles. The van der Waals surface area contributed by atoms with Crippen LogP contribution in [0.4, 0.5) is 17.1 Å². The number of benzene rings is 4. The lowest BCUT2D eigenvalue weighted by Crippen LogP contribution is -1.97. The number of azo groups is 1. The SMILES string of the molecule is Nc1ccc(S(=O)(=O)O)cc1.Oc1ccccc1.c1ccc(N=Nc2ccccc2)cc1. The fourth-order valence-corrected chi connectivity index (χ4v) is 2.65. The van der Waals surface area contributed by atoms with Crippen LogP contribution in [0.3, 0.4) is 0 Å². The quantitative estimate of drug-likeness (QED) is 0.201. The van der Waals surface area contributed by atoms with E-state index in [0.717, 1.165) is 11.4 Å². The highest BCUT2D eigenvalue weighted by Gasteiger charge is 2.06. The summed E-state index contributed by atoms with van der Waals surface area (Å²) in [5, 5.41) is 16.8. The Morgan fingerprint density at radius 3 is 1.28 bits per heavy atom. The van der Waals surface area contributed by atoms with Crippen LogP contribution in [0, 0.1) is 0 Å². The van der Waals surface area contributed by atoms with Gasteiger partial charge in [-0.1, -0.05) is 54.6 Å². The van der Waals surface area contributed by atoms with E-state index < -0.39 is 10.1 Å². The second kappa shape index (κ2) is 12.6. The van der Waals surface area contributed by atoms with Gasteiger partial charge in [-0.05, 0) is 60.7 Å². The first kappa shape index (κ1) is 24.3. The highest BCUT2D eigenvalue weighted by Crippen LogP contribution is 2.16. The number of hydrogen-bond donors (Lipinski definition) is 3. The molecular formula is C24H23N3O4S. The number of nitrogen functional groups attached to an aromatic ring is 1. The van der Waals surface area contributed by atoms with Crippen LogP contribution in [-0.2, 0) is 10.1 Å². The predicted molar refractivity (Wildman–Crippen MR) is 126 cm³/mol. The maximum Gasteiger partial charge on any atom is 0.294 e. The lowest BCUT2D eigenvalue weighted by molar-refractivity contribution is 0.475. The molecule has 0 atom stereocenters. The Balaban J connectivity index is 0.000000180. The molecule has 0 aliphatic rings. The minimum atomic E-state index is -4.08. The van der Waals surface area contributed by atoms with Crippen LogP contribution >= 0.6 is 0 Å². The first-order chi connectivity index (χ1) is 15.3. The van der Waals surface area contributed by atoms with Gasteiger partial charge in [-0.3, -0.25) is 4.55 Å². The number of anilines is 1. The molecule has 0 saturated carbocycles. The summed E-state index contributed by atoms with van der Waals surface area (Å²) in [6.07, 6.45) is 0. The van der Waals surface area contributed by atoms with Gasteiger partial charge in [0.25, 0.3) is 10.1 Å². The summed E-state index contributed by atoms with van der Waals surface area (Å²) >= 11 is 0. The van der Waals surface area contributed by atoms with Crippen molar-refractivity contribution in [3.63, 3.8) is 0 Å². The first-order valence-corrected chi connectivity index (χ1v) is 10.9. The monoisotopic (exact) mass is 449 g/mol. The van der Waals surface area contributed by atoms with E-state index in [1.54, 1.807) is 24.3 Å². The summed E-state index contributed by atoms with van der Waals surface area (Å²) in [5.41, 5.74) is 7.49. The molecule has 0 aliphatic heterocycles. The number of nitrogens with two attached hydrogens (primary N) is 1. The molecule has 0 unspecified atom stereocenters. The Bertz CT molecular complexity index is 1140. The number of aromatic hydroxyl groups is 1. The Morgan fingerprint density at radius 2 is 0.969 bits per heavy atom. The topological polar surface area (TPSA) is 125 Å². The number of hydrogen-bond acceptors (Lipinski definition) is 6. The molecule has 4 N–H and O–H groups in total. The van der Waals surface area contributed by atoms with Crippen molar-refractivity contribution in [1.82, 2.24) is 0 Å². The molecule has 0 radical (unpaired) electrons. The maximum absolute atomic E-state index is 10.5. The van der Waals surface area contributed by atoms with Gasteiger partial charge >= 0.3 is 0 Å². The van der Waals surface area contributed by atoms with Crippen molar-refractivity contribution >= 4 is 27.2 Å². The summed E-state index contributed by atoms with van der Waals surface area (Å²) in [5.74, 6) is 0.322. The predicted octanol–water partition coefficient (Wildman–Crippen LogP) is 6.01. The van der Waals surface area contributed by atoms with Crippen LogP contribution in [-0.4, -0.2) is 18.1 Å². The van der Waals surface area contributed by atoms with Crippen LogP contribution in [0.15, 0.2) is 130 Å². The van der Waals surface area contributed by atoms with Gasteiger partial charge in [0.05, 0.1) is 16.3 Å². The van der Waals surface area contributed by atoms with Gasteiger partial charge < -0.3 is 10.8 Å². The molecule has 4 rings (SSSR count). The Hall–Kier alpha value is -4.01. The van der Waals surface area contributed by atoms with Crippen LogP contribution in [0.2, 0.25) is 0 Å². The number of phenols is 1. The molecule has 7 nitrogen and oxygen atoms in total. The van der Waals surface area contributed by atoms with E-state index in [-0.39, 0.29) is 4.90 Å². The molecule has 0 saturated heterocycles. The summed E-state index contributed by atoms with van der Waals surface area (Å²) in [6, 6.07) is 33.4. The molecule has 4 aromatic rings. The number of phenolic OH excluding ortho intramolecular Hbond substituents is 1. The molecule has 0 spiro atoms. The second-order valence-corrected chi connectivity index (χ2v) is 7.67. The van der Waals surface area contributed by atoms with Crippen molar-refractivity contribution in [1.29, 1.82) is 0 Å². The molecule has 0 amide bonds. The summed E-state index contributed by atoms with van der Waals surface area (Å²) in [4.78, 5) is -0.147. The maximum atomic E-state index is 10.5. The van der Waals surface area contributed by atoms with Gasteiger partial charge in [0, 0.05) is 5.69 Å². The van der Waals surface area contributed by atoms with Gasteiger partial charge in [0.1, 0.15) is 5.75 Å². The van der Waals surface area contributed by atoms with E-state index in [1.165, 1.54) is 24.3 Å². The third kappa shape index (κ3) is 9.66. The first-order valence-electron chi connectivity index (χ1n) is 9.43. The third-order valence-electron chi connectivity index (χ3n) is 3.73. The minimum absolute atomic E-state index is 0.147. The summed E-state index contributed by atoms with van der Waals surface area (Å²) in [6.45, 7) is 0. The second-order valence-electron chi connectivity index (χ2n) is 6.25. The van der Waals surface area contributed by atoms with Gasteiger partial charge in [0.2, 0.25) is 0 Å².